The van der Waals surface area contributed by atoms with Crippen LogP contribution in [0.15, 0.2) is 42.6 Å². The highest BCUT2D eigenvalue weighted by Crippen LogP contribution is 2.12. The second-order valence-electron chi connectivity index (χ2n) is 4.29. The number of amides is 1. The van der Waals surface area contributed by atoms with Gasteiger partial charge in [-0.3, -0.25) is 4.79 Å². The van der Waals surface area contributed by atoms with Crippen molar-refractivity contribution >= 4 is 17.4 Å². The van der Waals surface area contributed by atoms with Crippen LogP contribution in [0.3, 0.4) is 0 Å². The summed E-state index contributed by atoms with van der Waals surface area (Å²) in [6.45, 7) is 4.80. The molecule has 4 nitrogen and oxygen atoms in total. The topological polar surface area (TPSA) is 54.0 Å². The van der Waals surface area contributed by atoms with Gasteiger partial charge in [0.15, 0.2) is 0 Å². The molecule has 0 aliphatic carbocycles. The van der Waals surface area contributed by atoms with Crippen molar-refractivity contribution in [2.75, 3.05) is 17.2 Å². The van der Waals surface area contributed by atoms with Crippen molar-refractivity contribution in [3.63, 3.8) is 0 Å². The first-order valence-electron chi connectivity index (χ1n) is 6.27. The Hall–Kier alpha value is -2.36. The highest BCUT2D eigenvalue weighted by molar-refractivity contribution is 6.04. The van der Waals surface area contributed by atoms with Crippen LogP contribution in [-0.2, 0) is 0 Å². The maximum Gasteiger partial charge on any atom is 0.257 e. The average Bonchev–Trinajstić information content (AvgIpc) is 2.40. The van der Waals surface area contributed by atoms with Gasteiger partial charge in [0.1, 0.15) is 5.82 Å². The van der Waals surface area contributed by atoms with E-state index in [1.165, 1.54) is 0 Å². The number of rotatable bonds is 4. The standard InChI is InChI=1S/C15H17N3O/c1-3-16-14-8-7-12(10-17-14)15(19)18-13-6-4-5-11(2)9-13/h4-10H,3H2,1-2H3,(H,16,17)(H,18,19). The van der Waals surface area contributed by atoms with E-state index >= 15 is 0 Å². The number of pyridine rings is 1. The van der Waals surface area contributed by atoms with Crippen LogP contribution in [0.2, 0.25) is 0 Å². The van der Waals surface area contributed by atoms with Crippen LogP contribution in [0.5, 0.6) is 0 Å². The number of hydrogen-bond acceptors (Lipinski definition) is 3. The van der Waals surface area contributed by atoms with Crippen molar-refractivity contribution in [2.24, 2.45) is 0 Å². The Balaban J connectivity index is 2.07. The van der Waals surface area contributed by atoms with Gasteiger partial charge < -0.3 is 10.6 Å². The first-order valence-corrected chi connectivity index (χ1v) is 6.27. The van der Waals surface area contributed by atoms with Gasteiger partial charge in [-0.25, -0.2) is 4.98 Å². The zero-order valence-electron chi connectivity index (χ0n) is 11.1. The summed E-state index contributed by atoms with van der Waals surface area (Å²) in [5.74, 6) is 0.621. The number of carbonyl (C=O) groups is 1. The molecular formula is C15H17N3O. The predicted molar refractivity (Wildman–Crippen MR) is 77.5 cm³/mol. The van der Waals surface area contributed by atoms with Crippen LogP contribution < -0.4 is 10.6 Å². The van der Waals surface area contributed by atoms with Gasteiger partial charge in [-0.05, 0) is 43.7 Å². The van der Waals surface area contributed by atoms with E-state index in [0.717, 1.165) is 23.6 Å². The van der Waals surface area contributed by atoms with E-state index in [1.807, 2.05) is 38.1 Å². The highest BCUT2D eigenvalue weighted by Gasteiger charge is 2.06. The number of anilines is 2. The maximum atomic E-state index is 12.0. The van der Waals surface area contributed by atoms with Crippen LogP contribution in [0.1, 0.15) is 22.8 Å². The van der Waals surface area contributed by atoms with Crippen molar-refractivity contribution < 1.29 is 4.79 Å². The molecule has 1 aromatic carbocycles. The first-order chi connectivity index (χ1) is 9.19. The van der Waals surface area contributed by atoms with Crippen LogP contribution in [0.4, 0.5) is 11.5 Å². The average molecular weight is 255 g/mol. The van der Waals surface area contributed by atoms with Gasteiger partial charge >= 0.3 is 0 Å². The third-order valence-corrected chi connectivity index (χ3v) is 2.66. The lowest BCUT2D eigenvalue weighted by Crippen LogP contribution is -2.12. The van der Waals surface area contributed by atoms with Crippen molar-refractivity contribution in [1.82, 2.24) is 4.98 Å². The Kier molecular flexibility index (Phi) is 4.13. The lowest BCUT2D eigenvalue weighted by molar-refractivity contribution is 0.102. The molecule has 1 heterocycles. The fourth-order valence-corrected chi connectivity index (χ4v) is 1.74. The summed E-state index contributed by atoms with van der Waals surface area (Å²) in [5.41, 5.74) is 2.45. The van der Waals surface area contributed by atoms with Crippen LogP contribution >= 0.6 is 0 Å². The molecule has 98 valence electrons. The smallest absolute Gasteiger partial charge is 0.257 e. The summed E-state index contributed by atoms with van der Waals surface area (Å²) in [6, 6.07) is 11.3. The summed E-state index contributed by atoms with van der Waals surface area (Å²) in [5, 5.41) is 5.94. The van der Waals surface area contributed by atoms with Gasteiger partial charge in [-0.2, -0.15) is 0 Å². The number of nitrogens with one attached hydrogen (secondary N) is 2. The predicted octanol–water partition coefficient (Wildman–Crippen LogP) is 3.07. The molecule has 0 fully saturated rings. The van der Waals surface area contributed by atoms with Crippen LogP contribution in [0, 0.1) is 6.92 Å². The van der Waals surface area contributed by atoms with Gasteiger partial charge in [0.05, 0.1) is 5.56 Å². The maximum absolute atomic E-state index is 12.0. The molecule has 19 heavy (non-hydrogen) atoms. The number of nitrogens with zero attached hydrogens (tertiary/aromatic N) is 1. The summed E-state index contributed by atoms with van der Waals surface area (Å²) >= 11 is 0. The monoisotopic (exact) mass is 255 g/mol. The second-order valence-corrected chi connectivity index (χ2v) is 4.29. The number of carbonyl (C=O) groups excluding carboxylic acids is 1. The van der Waals surface area contributed by atoms with Gasteiger partial charge in [-0.1, -0.05) is 12.1 Å². The van der Waals surface area contributed by atoms with E-state index < -0.39 is 0 Å². The molecular weight excluding hydrogens is 238 g/mol. The third-order valence-electron chi connectivity index (χ3n) is 2.66. The van der Waals surface area contributed by atoms with E-state index in [9.17, 15) is 4.79 Å². The highest BCUT2D eigenvalue weighted by atomic mass is 16.1. The Morgan fingerprint density at radius 1 is 1.26 bits per heavy atom. The molecule has 0 aliphatic heterocycles. The van der Waals surface area contributed by atoms with Gasteiger partial charge in [0, 0.05) is 18.4 Å². The largest absolute Gasteiger partial charge is 0.370 e. The lowest BCUT2D eigenvalue weighted by Gasteiger charge is -2.07. The molecule has 0 saturated heterocycles. The van der Waals surface area contributed by atoms with Gasteiger partial charge in [-0.15, -0.1) is 0 Å². The molecule has 2 rings (SSSR count). The van der Waals surface area contributed by atoms with Crippen molar-refractivity contribution in [3.05, 3.63) is 53.7 Å². The van der Waals surface area contributed by atoms with Crippen molar-refractivity contribution in [2.45, 2.75) is 13.8 Å². The molecule has 1 amide bonds. The number of aromatic nitrogens is 1. The molecule has 2 N–H and O–H groups in total. The minimum absolute atomic E-state index is 0.152. The third kappa shape index (κ3) is 3.55. The fourth-order valence-electron chi connectivity index (χ4n) is 1.74. The molecule has 2 aromatic rings. The second kappa shape index (κ2) is 6.00. The quantitative estimate of drug-likeness (QED) is 0.882. The molecule has 0 unspecified atom stereocenters. The molecule has 1 aromatic heterocycles. The van der Waals surface area contributed by atoms with E-state index in [-0.39, 0.29) is 5.91 Å². The summed E-state index contributed by atoms with van der Waals surface area (Å²) in [7, 11) is 0. The Bertz CT molecular complexity index is 564. The van der Waals surface area contributed by atoms with E-state index in [1.54, 1.807) is 18.3 Å². The molecule has 0 radical (unpaired) electrons. The van der Waals surface area contributed by atoms with Crippen LogP contribution in [0.25, 0.3) is 0 Å². The molecule has 0 aliphatic rings. The SMILES string of the molecule is CCNc1ccc(C(=O)Nc2cccc(C)c2)cn1. The van der Waals surface area contributed by atoms with Crippen LogP contribution in [-0.4, -0.2) is 17.4 Å². The summed E-state index contributed by atoms with van der Waals surface area (Å²) in [4.78, 5) is 16.2. The van der Waals surface area contributed by atoms with Gasteiger partial charge in [0.2, 0.25) is 0 Å². The number of benzene rings is 1. The fraction of sp³-hybridized carbons (Fsp3) is 0.200. The number of hydrogen-bond donors (Lipinski definition) is 2. The minimum Gasteiger partial charge on any atom is -0.370 e. The Morgan fingerprint density at radius 3 is 2.74 bits per heavy atom. The normalized spacial score (nSPS) is 10.0. The first kappa shape index (κ1) is 13.1. The molecule has 0 bridgehead atoms. The zero-order chi connectivity index (χ0) is 13.7. The minimum atomic E-state index is -0.152. The molecule has 0 saturated carbocycles. The lowest BCUT2D eigenvalue weighted by atomic mass is 10.2. The van der Waals surface area contributed by atoms with Crippen molar-refractivity contribution in [3.8, 4) is 0 Å². The molecule has 4 heteroatoms. The van der Waals surface area contributed by atoms with E-state index in [2.05, 4.69) is 15.6 Å². The zero-order valence-corrected chi connectivity index (χ0v) is 11.1. The van der Waals surface area contributed by atoms with E-state index in [4.69, 9.17) is 0 Å². The summed E-state index contributed by atoms with van der Waals surface area (Å²) < 4.78 is 0. The molecule has 0 atom stereocenters. The van der Waals surface area contributed by atoms with E-state index in [0.29, 0.717) is 5.56 Å². The summed E-state index contributed by atoms with van der Waals surface area (Å²) in [6.07, 6.45) is 1.57. The van der Waals surface area contributed by atoms with Crippen molar-refractivity contribution in [1.29, 1.82) is 0 Å². The number of aryl methyl sites for hydroxylation is 1. The molecule has 0 spiro atoms. The van der Waals surface area contributed by atoms with Gasteiger partial charge in [0.25, 0.3) is 5.91 Å². The Labute approximate surface area is 112 Å². The Morgan fingerprint density at radius 2 is 2.11 bits per heavy atom.